The molecule has 1 aliphatic heterocycles. The number of carbonyl (C=O) groups excluding carboxylic acids is 1. The number of hydrogen-bond acceptors (Lipinski definition) is 5. The van der Waals surface area contributed by atoms with E-state index in [1.165, 1.54) is 6.20 Å². The summed E-state index contributed by atoms with van der Waals surface area (Å²) in [5.41, 5.74) is 5.34. The van der Waals surface area contributed by atoms with Gasteiger partial charge in [0.2, 0.25) is 0 Å². The normalized spacial score (nSPS) is 19.2. The van der Waals surface area contributed by atoms with Crippen LogP contribution in [-0.4, -0.2) is 42.2 Å². The van der Waals surface area contributed by atoms with Gasteiger partial charge in [0.05, 0.1) is 18.5 Å². The van der Waals surface area contributed by atoms with E-state index in [1.807, 2.05) is 11.9 Å². The van der Waals surface area contributed by atoms with E-state index in [0.717, 1.165) is 26.0 Å². The summed E-state index contributed by atoms with van der Waals surface area (Å²) < 4.78 is 5.54. The monoisotopic (exact) mass is 236 g/mol. The maximum absolute atomic E-state index is 11.0. The van der Waals surface area contributed by atoms with Crippen LogP contribution >= 0.6 is 0 Å². The summed E-state index contributed by atoms with van der Waals surface area (Å²) in [5.74, 6) is 0.0710. The van der Waals surface area contributed by atoms with Gasteiger partial charge in [-0.3, -0.25) is 9.78 Å². The van der Waals surface area contributed by atoms with E-state index in [1.54, 1.807) is 6.20 Å². The predicted octanol–water partition coefficient (Wildman–Crippen LogP) is 0.191. The maximum atomic E-state index is 11.0. The van der Waals surface area contributed by atoms with Crippen molar-refractivity contribution in [1.29, 1.82) is 0 Å². The number of nitrogens with two attached hydrogens (primary N) is 1. The minimum atomic E-state index is -0.565. The molecule has 1 aliphatic rings. The maximum Gasteiger partial charge on any atom is 0.268 e. The Kier molecular flexibility index (Phi) is 3.53. The lowest BCUT2D eigenvalue weighted by Crippen LogP contribution is -2.29. The van der Waals surface area contributed by atoms with Gasteiger partial charge in [-0.05, 0) is 12.8 Å². The first kappa shape index (κ1) is 11.8. The Morgan fingerprint density at radius 1 is 1.65 bits per heavy atom. The summed E-state index contributed by atoms with van der Waals surface area (Å²) in [6.07, 6.45) is 5.38. The van der Waals surface area contributed by atoms with Crippen molar-refractivity contribution < 1.29 is 9.53 Å². The zero-order chi connectivity index (χ0) is 12.3. The van der Waals surface area contributed by atoms with Crippen molar-refractivity contribution in [2.45, 2.75) is 18.9 Å². The quantitative estimate of drug-likeness (QED) is 0.807. The van der Waals surface area contributed by atoms with Gasteiger partial charge in [0.25, 0.3) is 5.91 Å². The molecule has 0 saturated carbocycles. The number of primary amides is 1. The van der Waals surface area contributed by atoms with Crippen LogP contribution in [0.25, 0.3) is 0 Å². The lowest BCUT2D eigenvalue weighted by atomic mass is 10.2. The number of rotatable bonds is 4. The average Bonchev–Trinajstić information content (AvgIpc) is 2.82. The van der Waals surface area contributed by atoms with E-state index >= 15 is 0 Å². The number of aromatic nitrogens is 2. The topological polar surface area (TPSA) is 81.3 Å². The molecule has 17 heavy (non-hydrogen) atoms. The van der Waals surface area contributed by atoms with Gasteiger partial charge in [-0.25, -0.2) is 4.98 Å². The molecule has 6 nitrogen and oxygen atoms in total. The van der Waals surface area contributed by atoms with Crippen LogP contribution in [0.15, 0.2) is 12.4 Å². The van der Waals surface area contributed by atoms with Crippen LogP contribution in [0.5, 0.6) is 0 Å². The summed E-state index contributed by atoms with van der Waals surface area (Å²) in [6.45, 7) is 1.57. The third-order valence-corrected chi connectivity index (χ3v) is 2.77. The number of amides is 1. The average molecular weight is 236 g/mol. The second-order valence-electron chi connectivity index (χ2n) is 4.14. The van der Waals surface area contributed by atoms with Gasteiger partial charge in [0.15, 0.2) is 0 Å². The predicted molar refractivity (Wildman–Crippen MR) is 62.8 cm³/mol. The molecule has 92 valence electrons. The van der Waals surface area contributed by atoms with Gasteiger partial charge in [-0.1, -0.05) is 0 Å². The largest absolute Gasteiger partial charge is 0.376 e. The minimum Gasteiger partial charge on any atom is -0.376 e. The summed E-state index contributed by atoms with van der Waals surface area (Å²) in [5, 5.41) is 0. The van der Waals surface area contributed by atoms with Crippen LogP contribution in [0, 0.1) is 0 Å². The minimum absolute atomic E-state index is 0.182. The fraction of sp³-hybridized carbons (Fsp3) is 0.545. The Morgan fingerprint density at radius 3 is 3.12 bits per heavy atom. The molecule has 0 aliphatic carbocycles. The molecule has 0 bridgehead atoms. The molecule has 1 aromatic rings. The van der Waals surface area contributed by atoms with E-state index in [9.17, 15) is 4.79 Å². The van der Waals surface area contributed by atoms with Crippen LogP contribution in [-0.2, 0) is 4.74 Å². The second kappa shape index (κ2) is 5.09. The highest BCUT2D eigenvalue weighted by Gasteiger charge is 2.18. The van der Waals surface area contributed by atoms with E-state index < -0.39 is 5.91 Å². The van der Waals surface area contributed by atoms with Gasteiger partial charge >= 0.3 is 0 Å². The molecule has 6 heteroatoms. The molecule has 1 aromatic heterocycles. The third-order valence-electron chi connectivity index (χ3n) is 2.77. The first-order valence-electron chi connectivity index (χ1n) is 5.61. The number of carbonyl (C=O) groups is 1. The van der Waals surface area contributed by atoms with Gasteiger partial charge in [0, 0.05) is 20.2 Å². The van der Waals surface area contributed by atoms with Gasteiger partial charge in [0.1, 0.15) is 11.5 Å². The molecule has 1 amide bonds. The highest BCUT2D eigenvalue weighted by atomic mass is 16.5. The van der Waals surface area contributed by atoms with Crippen molar-refractivity contribution in [3.8, 4) is 0 Å². The SMILES string of the molecule is CN(C[C@@H]1CCCO1)c1cncc(C(N)=O)n1. The highest BCUT2D eigenvalue weighted by molar-refractivity contribution is 5.90. The van der Waals surface area contributed by atoms with Crippen molar-refractivity contribution in [2.24, 2.45) is 5.73 Å². The molecular weight excluding hydrogens is 220 g/mol. The molecule has 1 fully saturated rings. The molecule has 1 saturated heterocycles. The molecule has 1 atom stereocenters. The molecule has 2 N–H and O–H groups in total. The standard InChI is InChI=1S/C11H16N4O2/c1-15(7-8-3-2-4-17-8)10-6-13-5-9(14-10)11(12)16/h5-6,8H,2-4,7H2,1H3,(H2,12,16)/t8-/m0/s1. The Bertz CT molecular complexity index is 404. The summed E-state index contributed by atoms with van der Waals surface area (Å²) in [6, 6.07) is 0. The van der Waals surface area contributed by atoms with Crippen LogP contribution < -0.4 is 10.6 Å². The van der Waals surface area contributed by atoms with Crippen LogP contribution in [0.4, 0.5) is 5.82 Å². The van der Waals surface area contributed by atoms with Crippen molar-refractivity contribution in [3.63, 3.8) is 0 Å². The molecule has 0 aromatic carbocycles. The second-order valence-corrected chi connectivity index (χ2v) is 4.14. The Morgan fingerprint density at radius 2 is 2.47 bits per heavy atom. The Labute approximate surface area is 99.8 Å². The van der Waals surface area contributed by atoms with Crippen LogP contribution in [0.2, 0.25) is 0 Å². The van der Waals surface area contributed by atoms with Crippen molar-refractivity contribution in [3.05, 3.63) is 18.1 Å². The summed E-state index contributed by atoms with van der Waals surface area (Å²) >= 11 is 0. The molecule has 2 heterocycles. The van der Waals surface area contributed by atoms with E-state index in [2.05, 4.69) is 9.97 Å². The van der Waals surface area contributed by atoms with Gasteiger partial charge < -0.3 is 15.4 Å². The van der Waals surface area contributed by atoms with E-state index in [4.69, 9.17) is 10.5 Å². The molecule has 0 radical (unpaired) electrons. The fourth-order valence-electron chi connectivity index (χ4n) is 1.85. The fourth-order valence-corrected chi connectivity index (χ4v) is 1.85. The first-order chi connectivity index (χ1) is 8.16. The zero-order valence-electron chi connectivity index (χ0n) is 9.80. The van der Waals surface area contributed by atoms with Crippen LogP contribution in [0.3, 0.4) is 0 Å². The number of likely N-dealkylation sites (N-methyl/N-ethyl adjacent to an activating group) is 1. The molecule has 0 unspecified atom stereocenters. The van der Waals surface area contributed by atoms with Crippen molar-refractivity contribution in [2.75, 3.05) is 25.1 Å². The van der Waals surface area contributed by atoms with E-state index in [0.29, 0.717) is 5.82 Å². The Hall–Kier alpha value is -1.69. The molecular formula is C11H16N4O2. The lowest BCUT2D eigenvalue weighted by molar-refractivity contribution is 0.0995. The Balaban J connectivity index is 2.04. The van der Waals surface area contributed by atoms with Crippen molar-refractivity contribution in [1.82, 2.24) is 9.97 Å². The number of hydrogen-bond donors (Lipinski definition) is 1. The zero-order valence-corrected chi connectivity index (χ0v) is 9.80. The third kappa shape index (κ3) is 2.91. The smallest absolute Gasteiger partial charge is 0.268 e. The van der Waals surface area contributed by atoms with Crippen LogP contribution in [0.1, 0.15) is 23.3 Å². The first-order valence-corrected chi connectivity index (χ1v) is 5.61. The van der Waals surface area contributed by atoms with Gasteiger partial charge in [-0.15, -0.1) is 0 Å². The number of ether oxygens (including phenoxy) is 1. The lowest BCUT2D eigenvalue weighted by Gasteiger charge is -2.21. The summed E-state index contributed by atoms with van der Waals surface area (Å²) in [4.78, 5) is 21.0. The van der Waals surface area contributed by atoms with Gasteiger partial charge in [-0.2, -0.15) is 0 Å². The number of nitrogens with zero attached hydrogens (tertiary/aromatic N) is 3. The molecule has 2 rings (SSSR count). The summed E-state index contributed by atoms with van der Waals surface area (Å²) in [7, 11) is 1.90. The molecule has 0 spiro atoms. The van der Waals surface area contributed by atoms with E-state index in [-0.39, 0.29) is 11.8 Å². The highest BCUT2D eigenvalue weighted by Crippen LogP contribution is 2.15. The number of anilines is 1. The van der Waals surface area contributed by atoms with Crippen molar-refractivity contribution >= 4 is 11.7 Å².